The molecule has 0 radical (unpaired) electrons. The van der Waals surface area contributed by atoms with Gasteiger partial charge in [-0.05, 0) is 13.8 Å². The highest BCUT2D eigenvalue weighted by molar-refractivity contribution is 6.08. The van der Waals surface area contributed by atoms with Gasteiger partial charge in [0.25, 0.3) is 5.79 Å². The summed E-state index contributed by atoms with van der Waals surface area (Å²) in [5, 5.41) is 10.5. The highest BCUT2D eigenvalue weighted by Gasteiger charge is 2.45. The average Bonchev–Trinajstić information content (AvgIpc) is 2.83. The Bertz CT molecular complexity index is 816. The number of aryl methyl sites for hydroxylation is 2. The summed E-state index contributed by atoms with van der Waals surface area (Å²) in [5.74, 6) is -2.82. The maximum atomic E-state index is 12.3. The lowest BCUT2D eigenvalue weighted by Crippen LogP contribution is -2.38. The second-order valence-corrected chi connectivity index (χ2v) is 6.09. The number of hydrogen-bond donors (Lipinski definition) is 1. The van der Waals surface area contributed by atoms with Crippen molar-refractivity contribution in [2.24, 2.45) is 0 Å². The number of carbonyl (C=O) groups excluding carboxylic acids is 2. The van der Waals surface area contributed by atoms with Crippen molar-refractivity contribution >= 4 is 17.3 Å². The van der Waals surface area contributed by atoms with E-state index in [0.29, 0.717) is 11.1 Å². The summed E-state index contributed by atoms with van der Waals surface area (Å²) < 4.78 is 5.45. The van der Waals surface area contributed by atoms with Crippen LogP contribution in [0.15, 0.2) is 54.6 Å². The number of Topliss-reactive ketones (excluding diaryl/α,β-unsaturated/α-hetero) is 1. The summed E-state index contributed by atoms with van der Waals surface area (Å²) >= 11 is 0. The first kappa shape index (κ1) is 16.1. The molecule has 0 unspecified atom stereocenters. The Balaban J connectivity index is 1.77. The molecule has 0 aliphatic carbocycles. The molecule has 1 aliphatic rings. The molecule has 1 aliphatic heterocycles. The largest absolute Gasteiger partial charge is 0.453 e. The topological polar surface area (TPSA) is 63.6 Å². The van der Waals surface area contributed by atoms with Crippen molar-refractivity contribution in [3.8, 4) is 0 Å². The minimum atomic E-state index is -2.14. The van der Waals surface area contributed by atoms with E-state index >= 15 is 0 Å². The second-order valence-electron chi connectivity index (χ2n) is 6.09. The third-order valence-electron chi connectivity index (χ3n) is 4.04. The molecule has 4 heteroatoms. The lowest BCUT2D eigenvalue weighted by Gasteiger charge is -2.21. The van der Waals surface area contributed by atoms with E-state index in [1.54, 1.807) is 12.1 Å². The number of ketones is 2. The van der Waals surface area contributed by atoms with Crippen LogP contribution in [0.1, 0.15) is 33.5 Å². The first-order valence-electron chi connectivity index (χ1n) is 7.72. The molecule has 4 nitrogen and oxygen atoms in total. The second kappa shape index (κ2) is 6.06. The predicted octanol–water partition coefficient (Wildman–Crippen LogP) is 3.21. The van der Waals surface area contributed by atoms with E-state index in [1.165, 1.54) is 6.08 Å². The van der Waals surface area contributed by atoms with Crippen molar-refractivity contribution in [2.45, 2.75) is 26.1 Å². The van der Waals surface area contributed by atoms with Gasteiger partial charge < -0.3 is 9.84 Å². The summed E-state index contributed by atoms with van der Waals surface area (Å²) in [7, 11) is 0. The van der Waals surface area contributed by atoms with Crippen LogP contribution in [0.2, 0.25) is 0 Å². The monoisotopic (exact) mass is 322 g/mol. The highest BCUT2D eigenvalue weighted by Crippen LogP contribution is 2.33. The zero-order valence-corrected chi connectivity index (χ0v) is 13.6. The third-order valence-corrected chi connectivity index (χ3v) is 4.04. The van der Waals surface area contributed by atoms with Gasteiger partial charge in [-0.25, -0.2) is 0 Å². The molecule has 1 atom stereocenters. The smallest absolute Gasteiger partial charge is 0.279 e. The molecule has 0 aromatic heterocycles. The summed E-state index contributed by atoms with van der Waals surface area (Å²) in [6.07, 6.45) is 0.827. The van der Waals surface area contributed by atoms with Crippen molar-refractivity contribution in [3.05, 3.63) is 76.9 Å². The highest BCUT2D eigenvalue weighted by atomic mass is 16.6. The van der Waals surface area contributed by atoms with Crippen molar-refractivity contribution in [2.75, 3.05) is 0 Å². The summed E-state index contributed by atoms with van der Waals surface area (Å²) in [6.45, 7) is 3.87. The number of benzene rings is 2. The molecule has 122 valence electrons. The molecule has 0 saturated heterocycles. The van der Waals surface area contributed by atoms with E-state index in [-0.39, 0.29) is 11.5 Å². The van der Waals surface area contributed by atoms with Crippen LogP contribution in [-0.4, -0.2) is 22.5 Å². The molecule has 1 N–H and O–H groups in total. The van der Waals surface area contributed by atoms with Gasteiger partial charge in [-0.2, -0.15) is 0 Å². The Labute approximate surface area is 140 Å². The number of ether oxygens (including phenoxy) is 1. The van der Waals surface area contributed by atoms with Crippen molar-refractivity contribution < 1.29 is 19.4 Å². The Morgan fingerprint density at radius 2 is 1.54 bits per heavy atom. The van der Waals surface area contributed by atoms with E-state index in [0.717, 1.165) is 11.1 Å². The van der Waals surface area contributed by atoms with Gasteiger partial charge in [0.05, 0.1) is 6.42 Å². The average molecular weight is 322 g/mol. The maximum Gasteiger partial charge on any atom is 0.279 e. The van der Waals surface area contributed by atoms with Crippen molar-refractivity contribution in [1.82, 2.24) is 0 Å². The van der Waals surface area contributed by atoms with Crippen LogP contribution in [0, 0.1) is 13.8 Å². The normalized spacial score (nSPS) is 19.8. The van der Waals surface area contributed by atoms with Gasteiger partial charge in [0.15, 0.2) is 5.78 Å². The molecule has 0 fully saturated rings. The van der Waals surface area contributed by atoms with Gasteiger partial charge in [-0.1, -0.05) is 59.7 Å². The van der Waals surface area contributed by atoms with Gasteiger partial charge in [-0.15, -0.1) is 0 Å². The Hall–Kier alpha value is -2.72. The van der Waals surface area contributed by atoms with Crippen molar-refractivity contribution in [1.29, 1.82) is 0 Å². The van der Waals surface area contributed by atoms with Crippen LogP contribution >= 0.6 is 0 Å². The van der Waals surface area contributed by atoms with Gasteiger partial charge in [0.1, 0.15) is 5.76 Å². The van der Waals surface area contributed by atoms with Gasteiger partial charge >= 0.3 is 0 Å². The SMILES string of the molecule is Cc1ccc(C(=O)C[C@@]2(O)OC(c3ccc(C)cc3)=CC2=O)cc1. The minimum absolute atomic E-state index is 0.277. The van der Waals surface area contributed by atoms with E-state index < -0.39 is 18.0 Å². The quantitative estimate of drug-likeness (QED) is 0.878. The maximum absolute atomic E-state index is 12.3. The standard InChI is InChI=1S/C20H18O4/c1-13-3-7-15(8-4-13)17(21)12-20(23)19(22)11-18(24-20)16-9-5-14(2)6-10-16/h3-11,23H,12H2,1-2H3/t20-/m1/s1. The Morgan fingerprint density at radius 1 is 1.00 bits per heavy atom. The molecule has 0 amide bonds. The molecule has 2 aromatic carbocycles. The van der Waals surface area contributed by atoms with Crippen LogP contribution in [0.4, 0.5) is 0 Å². The number of hydrogen-bond acceptors (Lipinski definition) is 4. The van der Waals surface area contributed by atoms with Gasteiger partial charge in [0, 0.05) is 17.2 Å². The van der Waals surface area contributed by atoms with E-state index in [2.05, 4.69) is 0 Å². The summed E-state index contributed by atoms with van der Waals surface area (Å²) in [4.78, 5) is 24.5. The summed E-state index contributed by atoms with van der Waals surface area (Å²) in [5.41, 5.74) is 3.23. The lowest BCUT2D eigenvalue weighted by molar-refractivity contribution is -0.167. The van der Waals surface area contributed by atoms with Crippen LogP contribution in [0.5, 0.6) is 0 Å². The fourth-order valence-electron chi connectivity index (χ4n) is 2.54. The molecule has 0 bridgehead atoms. The van der Waals surface area contributed by atoms with Gasteiger partial charge in [-0.3, -0.25) is 9.59 Å². The Kier molecular flexibility index (Phi) is 4.08. The van der Waals surface area contributed by atoms with Crippen LogP contribution in [-0.2, 0) is 9.53 Å². The van der Waals surface area contributed by atoms with Gasteiger partial charge in [0.2, 0.25) is 5.78 Å². The van der Waals surface area contributed by atoms with E-state index in [4.69, 9.17) is 4.74 Å². The molecule has 0 saturated carbocycles. The predicted molar refractivity (Wildman–Crippen MR) is 90.3 cm³/mol. The van der Waals surface area contributed by atoms with E-state index in [9.17, 15) is 14.7 Å². The Morgan fingerprint density at radius 3 is 2.12 bits per heavy atom. The summed E-state index contributed by atoms with van der Waals surface area (Å²) in [6, 6.07) is 14.4. The molecule has 0 spiro atoms. The van der Waals surface area contributed by atoms with Crippen LogP contribution in [0.25, 0.3) is 5.76 Å². The molecular weight excluding hydrogens is 304 g/mol. The number of aliphatic hydroxyl groups is 1. The first-order chi connectivity index (χ1) is 11.4. The van der Waals surface area contributed by atoms with Crippen LogP contribution in [0.3, 0.4) is 0 Å². The minimum Gasteiger partial charge on any atom is -0.453 e. The van der Waals surface area contributed by atoms with Crippen LogP contribution < -0.4 is 0 Å². The van der Waals surface area contributed by atoms with Crippen molar-refractivity contribution in [3.63, 3.8) is 0 Å². The van der Waals surface area contributed by atoms with E-state index in [1.807, 2.05) is 50.2 Å². The molecule has 3 rings (SSSR count). The fraction of sp³-hybridized carbons (Fsp3) is 0.200. The number of rotatable bonds is 4. The molecule has 1 heterocycles. The molecule has 2 aromatic rings. The first-order valence-corrected chi connectivity index (χ1v) is 7.72. The molecular formula is C20H18O4. The number of carbonyl (C=O) groups is 2. The molecule has 24 heavy (non-hydrogen) atoms. The lowest BCUT2D eigenvalue weighted by atomic mass is 10.00. The zero-order valence-electron chi connectivity index (χ0n) is 13.6. The third kappa shape index (κ3) is 3.14. The fourth-order valence-corrected chi connectivity index (χ4v) is 2.54. The zero-order chi connectivity index (χ0) is 17.3.